The van der Waals surface area contributed by atoms with Crippen molar-refractivity contribution in [2.45, 2.75) is 18.8 Å². The second-order valence-electron chi connectivity index (χ2n) is 3.20. The van der Waals surface area contributed by atoms with E-state index in [0.717, 1.165) is 23.1 Å². The highest BCUT2D eigenvalue weighted by Gasteiger charge is 2.28. The fourth-order valence-corrected chi connectivity index (χ4v) is 1.72. The van der Waals surface area contributed by atoms with Gasteiger partial charge in [0.25, 0.3) is 0 Å². The van der Waals surface area contributed by atoms with Crippen molar-refractivity contribution in [1.29, 1.82) is 0 Å². The Kier molecular flexibility index (Phi) is 2.50. The van der Waals surface area contributed by atoms with Crippen molar-refractivity contribution < 1.29 is 9.53 Å². The number of hydrogen-bond donors (Lipinski definition) is 0. The summed E-state index contributed by atoms with van der Waals surface area (Å²) in [7, 11) is 1.34. The normalized spacial score (nSPS) is 15.3. The summed E-state index contributed by atoms with van der Waals surface area (Å²) in [6.07, 6.45) is 3.66. The van der Waals surface area contributed by atoms with Crippen molar-refractivity contribution >= 4 is 21.9 Å². The molecule has 0 radical (unpaired) electrons. The Balaban J connectivity index is 2.35. The summed E-state index contributed by atoms with van der Waals surface area (Å²) >= 11 is 3.32. The molecular formula is C9H9BrN2O2. The molecule has 1 fully saturated rings. The van der Waals surface area contributed by atoms with Crippen LogP contribution >= 0.6 is 15.9 Å². The number of esters is 1. The van der Waals surface area contributed by atoms with Crippen molar-refractivity contribution in [3.63, 3.8) is 0 Å². The smallest absolute Gasteiger partial charge is 0.358 e. The standard InChI is InChI=1S/C9H9BrN2O2/c1-14-9(13)6-4-11-8(10)7(12-6)5-2-3-5/h4-5H,2-3H2,1H3. The molecule has 1 saturated carbocycles. The van der Waals surface area contributed by atoms with E-state index < -0.39 is 5.97 Å². The van der Waals surface area contributed by atoms with Crippen molar-refractivity contribution in [1.82, 2.24) is 9.97 Å². The Labute approximate surface area is 89.8 Å². The van der Waals surface area contributed by atoms with Crippen LogP contribution in [0.5, 0.6) is 0 Å². The summed E-state index contributed by atoms with van der Waals surface area (Å²) in [5.74, 6) is 0.0216. The third-order valence-corrected chi connectivity index (χ3v) is 2.72. The number of carbonyl (C=O) groups is 1. The first-order valence-electron chi connectivity index (χ1n) is 4.33. The van der Waals surface area contributed by atoms with Gasteiger partial charge in [-0.1, -0.05) is 0 Å². The molecule has 0 spiro atoms. The topological polar surface area (TPSA) is 52.1 Å². The Hall–Kier alpha value is -0.970. The molecule has 1 aliphatic carbocycles. The van der Waals surface area contributed by atoms with Crippen molar-refractivity contribution in [3.05, 3.63) is 22.2 Å². The van der Waals surface area contributed by atoms with E-state index >= 15 is 0 Å². The third kappa shape index (κ3) is 1.77. The lowest BCUT2D eigenvalue weighted by Crippen LogP contribution is -2.07. The maximum absolute atomic E-state index is 11.2. The van der Waals surface area contributed by atoms with Gasteiger partial charge in [-0.3, -0.25) is 0 Å². The minimum atomic E-state index is -0.438. The van der Waals surface area contributed by atoms with Crippen LogP contribution in [0.15, 0.2) is 10.8 Å². The SMILES string of the molecule is COC(=O)c1cnc(Br)c(C2CC2)n1. The van der Waals surface area contributed by atoms with Crippen LogP contribution in [0.4, 0.5) is 0 Å². The van der Waals surface area contributed by atoms with Crippen LogP contribution in [0, 0.1) is 0 Å². The maximum atomic E-state index is 11.2. The van der Waals surface area contributed by atoms with Crippen molar-refractivity contribution in [3.8, 4) is 0 Å². The van der Waals surface area contributed by atoms with Crippen molar-refractivity contribution in [2.24, 2.45) is 0 Å². The molecule has 0 N–H and O–H groups in total. The zero-order valence-corrected chi connectivity index (χ0v) is 9.24. The van der Waals surface area contributed by atoms with E-state index in [2.05, 4.69) is 30.6 Å². The van der Waals surface area contributed by atoms with Gasteiger partial charge in [-0.15, -0.1) is 0 Å². The number of rotatable bonds is 2. The largest absolute Gasteiger partial charge is 0.464 e. The Morgan fingerprint density at radius 1 is 1.64 bits per heavy atom. The number of halogens is 1. The Morgan fingerprint density at radius 2 is 2.36 bits per heavy atom. The van der Waals surface area contributed by atoms with Gasteiger partial charge in [0.2, 0.25) is 0 Å². The number of nitrogens with zero attached hydrogens (tertiary/aromatic N) is 2. The van der Waals surface area contributed by atoms with E-state index in [0.29, 0.717) is 5.92 Å². The lowest BCUT2D eigenvalue weighted by molar-refractivity contribution is 0.0593. The van der Waals surface area contributed by atoms with Crippen LogP contribution < -0.4 is 0 Å². The quantitative estimate of drug-likeness (QED) is 0.759. The minimum absolute atomic E-state index is 0.276. The first-order valence-corrected chi connectivity index (χ1v) is 5.12. The van der Waals surface area contributed by atoms with Gasteiger partial charge in [0.15, 0.2) is 5.69 Å². The highest BCUT2D eigenvalue weighted by molar-refractivity contribution is 9.10. The summed E-state index contributed by atoms with van der Waals surface area (Å²) in [5, 5.41) is 0. The van der Waals surface area contributed by atoms with Crippen LogP contribution in [0.25, 0.3) is 0 Å². The molecule has 0 unspecified atom stereocenters. The molecule has 5 heteroatoms. The fraction of sp³-hybridized carbons (Fsp3) is 0.444. The van der Waals surface area contributed by atoms with Gasteiger partial charge in [0.1, 0.15) is 4.60 Å². The zero-order valence-electron chi connectivity index (χ0n) is 7.66. The van der Waals surface area contributed by atoms with Gasteiger partial charge in [-0.25, -0.2) is 14.8 Å². The summed E-state index contributed by atoms with van der Waals surface area (Å²) in [5.41, 5.74) is 1.14. The second kappa shape index (κ2) is 3.65. The van der Waals surface area contributed by atoms with Gasteiger partial charge in [-0.05, 0) is 28.8 Å². The molecule has 1 aromatic rings. The summed E-state index contributed by atoms with van der Waals surface area (Å²) in [4.78, 5) is 19.5. The monoisotopic (exact) mass is 256 g/mol. The van der Waals surface area contributed by atoms with E-state index in [4.69, 9.17) is 0 Å². The highest BCUT2D eigenvalue weighted by Crippen LogP contribution is 2.41. The van der Waals surface area contributed by atoms with E-state index in [9.17, 15) is 4.79 Å². The molecule has 0 aromatic carbocycles. The molecular weight excluding hydrogens is 248 g/mol. The van der Waals surface area contributed by atoms with Crippen LogP contribution in [-0.4, -0.2) is 23.0 Å². The molecule has 14 heavy (non-hydrogen) atoms. The van der Waals surface area contributed by atoms with Crippen molar-refractivity contribution in [2.75, 3.05) is 7.11 Å². The van der Waals surface area contributed by atoms with Gasteiger partial charge in [0.05, 0.1) is 19.0 Å². The molecule has 2 rings (SSSR count). The number of ether oxygens (including phenoxy) is 1. The average Bonchev–Trinajstić information content (AvgIpc) is 3.01. The number of methoxy groups -OCH3 is 1. The minimum Gasteiger partial charge on any atom is -0.464 e. The van der Waals surface area contributed by atoms with E-state index in [1.54, 1.807) is 0 Å². The average molecular weight is 257 g/mol. The molecule has 1 aromatic heterocycles. The molecule has 0 amide bonds. The summed E-state index contributed by atoms with van der Waals surface area (Å²) in [6, 6.07) is 0. The number of aromatic nitrogens is 2. The Bertz CT molecular complexity index is 377. The van der Waals surface area contributed by atoms with Crippen LogP contribution in [-0.2, 0) is 4.74 Å². The molecule has 1 heterocycles. The predicted octanol–water partition coefficient (Wildman–Crippen LogP) is 1.90. The van der Waals surface area contributed by atoms with Gasteiger partial charge < -0.3 is 4.74 Å². The molecule has 4 nitrogen and oxygen atoms in total. The Morgan fingerprint density at radius 3 is 2.93 bits per heavy atom. The highest BCUT2D eigenvalue weighted by atomic mass is 79.9. The predicted molar refractivity (Wildman–Crippen MR) is 53.0 cm³/mol. The summed E-state index contributed by atoms with van der Waals surface area (Å²) < 4.78 is 5.30. The lowest BCUT2D eigenvalue weighted by atomic mass is 10.3. The van der Waals surface area contributed by atoms with Gasteiger partial charge >= 0.3 is 5.97 Å². The zero-order chi connectivity index (χ0) is 10.1. The van der Waals surface area contributed by atoms with E-state index in [1.165, 1.54) is 13.3 Å². The first-order chi connectivity index (χ1) is 6.72. The van der Waals surface area contributed by atoms with Crippen LogP contribution in [0.1, 0.15) is 34.9 Å². The second-order valence-corrected chi connectivity index (χ2v) is 3.95. The first kappa shape index (κ1) is 9.58. The molecule has 1 aliphatic rings. The molecule has 74 valence electrons. The van der Waals surface area contributed by atoms with Gasteiger partial charge in [-0.2, -0.15) is 0 Å². The molecule has 0 bridgehead atoms. The van der Waals surface area contributed by atoms with Crippen LogP contribution in [0.3, 0.4) is 0 Å². The number of carbonyl (C=O) groups excluding carboxylic acids is 1. The fourth-order valence-electron chi connectivity index (χ4n) is 1.21. The van der Waals surface area contributed by atoms with E-state index in [1.807, 2.05) is 0 Å². The maximum Gasteiger partial charge on any atom is 0.358 e. The molecule has 0 aliphatic heterocycles. The molecule has 0 saturated heterocycles. The van der Waals surface area contributed by atoms with Crippen LogP contribution in [0.2, 0.25) is 0 Å². The van der Waals surface area contributed by atoms with Gasteiger partial charge in [0, 0.05) is 5.92 Å². The third-order valence-electron chi connectivity index (χ3n) is 2.11. The lowest BCUT2D eigenvalue weighted by Gasteiger charge is -2.03. The van der Waals surface area contributed by atoms with E-state index in [-0.39, 0.29) is 5.69 Å². The summed E-state index contributed by atoms with van der Waals surface area (Å²) in [6.45, 7) is 0. The molecule has 0 atom stereocenters. The number of hydrogen-bond acceptors (Lipinski definition) is 4.